The molecule has 3 rings (SSSR count). The minimum atomic E-state index is -0.439. The molecule has 1 amide bonds. The second-order valence-corrected chi connectivity index (χ2v) is 7.31. The molecule has 0 radical (unpaired) electrons. The highest BCUT2D eigenvalue weighted by Crippen LogP contribution is 2.21. The quantitative estimate of drug-likeness (QED) is 0.383. The number of benzene rings is 2. The van der Waals surface area contributed by atoms with Crippen LogP contribution >= 0.6 is 11.8 Å². The Hall–Kier alpha value is -3.13. The molecule has 0 aliphatic carbocycles. The molecule has 0 unspecified atom stereocenters. The Bertz CT molecular complexity index is 1020. The lowest BCUT2D eigenvalue weighted by atomic mass is 10.1. The van der Waals surface area contributed by atoms with E-state index in [0.717, 1.165) is 17.7 Å². The molecule has 0 fully saturated rings. The van der Waals surface area contributed by atoms with Crippen LogP contribution < -0.4 is 10.1 Å². The van der Waals surface area contributed by atoms with E-state index in [9.17, 15) is 9.18 Å². The van der Waals surface area contributed by atoms with Gasteiger partial charge in [-0.1, -0.05) is 55.1 Å². The molecule has 0 saturated heterocycles. The zero-order chi connectivity index (χ0) is 21.3. The van der Waals surface area contributed by atoms with Gasteiger partial charge < -0.3 is 10.1 Å². The van der Waals surface area contributed by atoms with Gasteiger partial charge in [0.1, 0.15) is 6.61 Å². The van der Waals surface area contributed by atoms with E-state index >= 15 is 0 Å². The minimum Gasteiger partial charge on any atom is -0.483 e. The molecule has 30 heavy (non-hydrogen) atoms. The highest BCUT2D eigenvalue weighted by atomic mass is 32.2. The van der Waals surface area contributed by atoms with Crippen LogP contribution in [0, 0.1) is 5.82 Å². The van der Waals surface area contributed by atoms with Crippen molar-refractivity contribution in [3.8, 4) is 5.75 Å². The van der Waals surface area contributed by atoms with E-state index < -0.39 is 5.82 Å². The van der Waals surface area contributed by atoms with E-state index in [1.807, 2.05) is 31.2 Å². The largest absolute Gasteiger partial charge is 0.483 e. The number of carbonyl (C=O) groups is 1. The summed E-state index contributed by atoms with van der Waals surface area (Å²) in [6.45, 7) is 6.30. The predicted octanol–water partition coefficient (Wildman–Crippen LogP) is 4.48. The third-order valence-electron chi connectivity index (χ3n) is 4.30. The summed E-state index contributed by atoms with van der Waals surface area (Å²) in [5.74, 6) is 0.289. The summed E-state index contributed by atoms with van der Waals surface area (Å²) in [6, 6.07) is 13.9. The first kappa shape index (κ1) is 21.6. The average molecular weight is 427 g/mol. The van der Waals surface area contributed by atoms with Gasteiger partial charge in [0.2, 0.25) is 5.91 Å². The molecular weight excluding hydrogens is 403 g/mol. The SMILES string of the molecule is C=CCn1c(COc2ccccc2F)nnc1SCC(=O)Nc1ccccc1CC. The molecule has 0 aliphatic heterocycles. The summed E-state index contributed by atoms with van der Waals surface area (Å²) in [6.07, 6.45) is 2.54. The fourth-order valence-electron chi connectivity index (χ4n) is 2.82. The number of hydrogen-bond acceptors (Lipinski definition) is 5. The number of nitrogens with zero attached hydrogens (tertiary/aromatic N) is 3. The van der Waals surface area contributed by atoms with Crippen LogP contribution in [0.4, 0.5) is 10.1 Å². The van der Waals surface area contributed by atoms with Crippen LogP contribution in [0.1, 0.15) is 18.3 Å². The summed E-state index contributed by atoms with van der Waals surface area (Å²) < 4.78 is 21.1. The molecule has 0 bridgehead atoms. The molecule has 0 saturated carbocycles. The normalized spacial score (nSPS) is 10.6. The van der Waals surface area contributed by atoms with Gasteiger partial charge in [-0.3, -0.25) is 9.36 Å². The first-order valence-electron chi connectivity index (χ1n) is 9.53. The van der Waals surface area contributed by atoms with Crippen LogP contribution in [0.15, 0.2) is 66.3 Å². The number of rotatable bonds is 10. The summed E-state index contributed by atoms with van der Waals surface area (Å²) in [4.78, 5) is 12.4. The Morgan fingerprint density at radius 2 is 2.00 bits per heavy atom. The van der Waals surface area contributed by atoms with Gasteiger partial charge in [-0.05, 0) is 30.2 Å². The zero-order valence-corrected chi connectivity index (χ0v) is 17.5. The van der Waals surface area contributed by atoms with Crippen molar-refractivity contribution in [3.05, 3.63) is 78.4 Å². The number of thioether (sulfide) groups is 1. The second-order valence-electron chi connectivity index (χ2n) is 6.36. The van der Waals surface area contributed by atoms with Gasteiger partial charge in [-0.2, -0.15) is 0 Å². The standard InChI is InChI=1S/C22H23FN4O2S/c1-3-13-27-20(14-29-19-12-8-6-10-17(19)23)25-26-22(27)30-15-21(28)24-18-11-7-5-9-16(18)4-2/h3,5-12H,1,4,13-15H2,2H3,(H,24,28). The summed E-state index contributed by atoms with van der Waals surface area (Å²) in [7, 11) is 0. The fourth-order valence-corrected chi connectivity index (χ4v) is 3.58. The van der Waals surface area contributed by atoms with E-state index in [1.165, 1.54) is 17.8 Å². The molecule has 8 heteroatoms. The van der Waals surface area contributed by atoms with Crippen molar-refractivity contribution in [3.63, 3.8) is 0 Å². The van der Waals surface area contributed by atoms with Gasteiger partial charge in [0, 0.05) is 12.2 Å². The van der Waals surface area contributed by atoms with Crippen molar-refractivity contribution in [2.45, 2.75) is 31.7 Å². The summed E-state index contributed by atoms with van der Waals surface area (Å²) in [5.41, 5.74) is 1.90. The van der Waals surface area contributed by atoms with E-state index in [-0.39, 0.29) is 24.0 Å². The maximum Gasteiger partial charge on any atom is 0.234 e. The molecule has 0 atom stereocenters. The van der Waals surface area contributed by atoms with Gasteiger partial charge in [0.15, 0.2) is 22.5 Å². The number of halogens is 1. The third kappa shape index (κ3) is 5.48. The number of aromatic nitrogens is 3. The third-order valence-corrected chi connectivity index (χ3v) is 5.27. The Morgan fingerprint density at radius 3 is 2.77 bits per heavy atom. The molecule has 0 spiro atoms. The lowest BCUT2D eigenvalue weighted by molar-refractivity contribution is -0.113. The molecule has 156 valence electrons. The highest BCUT2D eigenvalue weighted by molar-refractivity contribution is 7.99. The molecule has 0 aliphatic rings. The van der Waals surface area contributed by atoms with E-state index in [4.69, 9.17) is 4.74 Å². The predicted molar refractivity (Wildman–Crippen MR) is 116 cm³/mol. The molecule has 1 heterocycles. The van der Waals surface area contributed by atoms with Gasteiger partial charge in [0.25, 0.3) is 0 Å². The van der Waals surface area contributed by atoms with Crippen molar-refractivity contribution in [1.82, 2.24) is 14.8 Å². The van der Waals surface area contributed by atoms with Crippen LogP contribution in [0.5, 0.6) is 5.75 Å². The lowest BCUT2D eigenvalue weighted by Gasteiger charge is -2.11. The number of hydrogen-bond donors (Lipinski definition) is 1. The van der Waals surface area contributed by atoms with Gasteiger partial charge >= 0.3 is 0 Å². The molecule has 1 N–H and O–H groups in total. The second kappa shape index (κ2) is 10.6. The Kier molecular flexibility index (Phi) is 7.62. The number of allylic oxidation sites excluding steroid dienone is 1. The Labute approximate surface area is 179 Å². The summed E-state index contributed by atoms with van der Waals surface area (Å²) >= 11 is 1.27. The lowest BCUT2D eigenvalue weighted by Crippen LogP contribution is -2.16. The van der Waals surface area contributed by atoms with Crippen molar-refractivity contribution < 1.29 is 13.9 Å². The maximum atomic E-state index is 13.8. The maximum absolute atomic E-state index is 13.8. The number of aryl methyl sites for hydroxylation is 1. The van der Waals surface area contributed by atoms with E-state index in [2.05, 4.69) is 22.1 Å². The van der Waals surface area contributed by atoms with Gasteiger partial charge in [0.05, 0.1) is 5.75 Å². The van der Waals surface area contributed by atoms with Crippen molar-refractivity contribution in [1.29, 1.82) is 0 Å². The molecule has 1 aromatic heterocycles. The van der Waals surface area contributed by atoms with Crippen molar-refractivity contribution in [2.24, 2.45) is 0 Å². The fraction of sp³-hybridized carbons (Fsp3) is 0.227. The Balaban J connectivity index is 1.63. The van der Waals surface area contributed by atoms with Gasteiger partial charge in [-0.25, -0.2) is 4.39 Å². The van der Waals surface area contributed by atoms with Crippen LogP contribution in [0.3, 0.4) is 0 Å². The van der Waals surface area contributed by atoms with Crippen LogP contribution in [-0.4, -0.2) is 26.4 Å². The van der Waals surface area contributed by atoms with Crippen LogP contribution in [0.25, 0.3) is 0 Å². The van der Waals surface area contributed by atoms with Gasteiger partial charge in [-0.15, -0.1) is 16.8 Å². The van der Waals surface area contributed by atoms with E-state index in [1.54, 1.807) is 28.8 Å². The number of para-hydroxylation sites is 2. The van der Waals surface area contributed by atoms with Crippen molar-refractivity contribution in [2.75, 3.05) is 11.1 Å². The van der Waals surface area contributed by atoms with Crippen LogP contribution in [-0.2, 0) is 24.4 Å². The first-order valence-corrected chi connectivity index (χ1v) is 10.5. The number of ether oxygens (including phenoxy) is 1. The zero-order valence-electron chi connectivity index (χ0n) is 16.7. The number of amides is 1. The highest BCUT2D eigenvalue weighted by Gasteiger charge is 2.15. The van der Waals surface area contributed by atoms with E-state index in [0.29, 0.717) is 17.5 Å². The molecular formula is C22H23FN4O2S. The van der Waals surface area contributed by atoms with Crippen LogP contribution in [0.2, 0.25) is 0 Å². The monoisotopic (exact) mass is 426 g/mol. The number of anilines is 1. The number of nitrogens with one attached hydrogen (secondary N) is 1. The summed E-state index contributed by atoms with van der Waals surface area (Å²) in [5, 5.41) is 11.8. The average Bonchev–Trinajstić information content (AvgIpc) is 3.14. The first-order chi connectivity index (χ1) is 14.6. The molecule has 2 aromatic carbocycles. The minimum absolute atomic E-state index is 0.0540. The molecule has 3 aromatic rings. The topological polar surface area (TPSA) is 69.0 Å². The number of carbonyl (C=O) groups excluding carboxylic acids is 1. The van der Waals surface area contributed by atoms with Crippen molar-refractivity contribution >= 4 is 23.4 Å². The smallest absolute Gasteiger partial charge is 0.234 e. The Morgan fingerprint density at radius 1 is 1.23 bits per heavy atom. The molecule has 6 nitrogen and oxygen atoms in total.